The van der Waals surface area contributed by atoms with Gasteiger partial charge in [-0.15, -0.1) is 0 Å². The first-order valence-electron chi connectivity index (χ1n) is 19.7. The Hall–Kier alpha value is -8.56. The Morgan fingerprint density at radius 1 is 0.262 bits per heavy atom. The molecule has 0 aliphatic heterocycles. The Morgan fingerprint density at radius 3 is 0.902 bits per heavy atom. The van der Waals surface area contributed by atoms with E-state index >= 15 is 0 Å². The van der Waals surface area contributed by atoms with Crippen LogP contribution in [0.1, 0.15) is 0 Å². The van der Waals surface area contributed by atoms with Crippen LogP contribution in [0.5, 0.6) is 34.5 Å². The fourth-order valence-electron chi connectivity index (χ4n) is 7.03. The molecule has 0 saturated carbocycles. The zero-order chi connectivity index (χ0) is 41.1. The van der Waals surface area contributed by atoms with Crippen molar-refractivity contribution in [1.29, 1.82) is 0 Å². The summed E-state index contributed by atoms with van der Waals surface area (Å²) in [4.78, 5) is 20.4. The molecule has 0 aliphatic carbocycles. The number of rotatable bonds is 10. The van der Waals surface area contributed by atoms with Gasteiger partial charge in [-0.3, -0.25) is 0 Å². The van der Waals surface area contributed by atoms with Crippen LogP contribution in [0.25, 0.3) is 67.1 Å². The fraction of sp³-hybridized carbons (Fsp3) is 0. The summed E-state index contributed by atoms with van der Waals surface area (Å²) in [7, 11) is 0. The summed E-state index contributed by atoms with van der Waals surface area (Å²) in [5.41, 5.74) is 22.8. The predicted octanol–water partition coefficient (Wildman–Crippen LogP) is 12.8. The second-order valence-electron chi connectivity index (χ2n) is 14.4. The largest absolute Gasteiger partial charge is 0.457 e. The number of aromatic nitrogens is 4. The molecule has 10 aromatic rings. The SMILES string of the molecule is Nc1ccc(Oc2ccc3nc(-c4ccccc4)c(-c4ccc(Oc5ccc(-c6nc7cc(Oc8ccc(N)cc8)ccc7nc6-c6ccccc6)cc5)cc4)nc3c2)cc1. The zero-order valence-electron chi connectivity index (χ0n) is 32.6. The predicted molar refractivity (Wildman–Crippen MR) is 243 cm³/mol. The highest BCUT2D eigenvalue weighted by Crippen LogP contribution is 2.37. The smallest absolute Gasteiger partial charge is 0.129 e. The average molecular weight is 793 g/mol. The van der Waals surface area contributed by atoms with E-state index in [1.54, 1.807) is 0 Å². The maximum Gasteiger partial charge on any atom is 0.129 e. The highest BCUT2D eigenvalue weighted by Gasteiger charge is 2.17. The summed E-state index contributed by atoms with van der Waals surface area (Å²) in [6.45, 7) is 0. The van der Waals surface area contributed by atoms with Crippen molar-refractivity contribution in [2.24, 2.45) is 0 Å². The molecule has 0 spiro atoms. The minimum Gasteiger partial charge on any atom is -0.457 e. The molecule has 9 heteroatoms. The van der Waals surface area contributed by atoms with Crippen molar-refractivity contribution in [3.63, 3.8) is 0 Å². The first kappa shape index (κ1) is 36.8. The minimum absolute atomic E-state index is 0.651. The molecule has 10 rings (SSSR count). The van der Waals surface area contributed by atoms with Crippen LogP contribution in [0.4, 0.5) is 11.4 Å². The van der Waals surface area contributed by atoms with Crippen molar-refractivity contribution in [2.75, 3.05) is 11.5 Å². The van der Waals surface area contributed by atoms with E-state index in [0.717, 1.165) is 56.1 Å². The number of nitrogens with zero attached hydrogens (tertiary/aromatic N) is 4. The molecule has 0 radical (unpaired) electrons. The number of hydrogen-bond acceptors (Lipinski definition) is 9. The summed E-state index contributed by atoms with van der Waals surface area (Å²) in [6, 6.07) is 62.0. The van der Waals surface area contributed by atoms with E-state index in [1.807, 2.05) is 194 Å². The molecule has 0 fully saturated rings. The third-order valence-corrected chi connectivity index (χ3v) is 10.1. The Labute approximate surface area is 351 Å². The molecule has 9 nitrogen and oxygen atoms in total. The van der Waals surface area contributed by atoms with Gasteiger partial charge in [0, 0.05) is 45.8 Å². The van der Waals surface area contributed by atoms with E-state index < -0.39 is 0 Å². The molecule has 0 aliphatic rings. The van der Waals surface area contributed by atoms with Gasteiger partial charge in [-0.05, 0) is 121 Å². The van der Waals surface area contributed by atoms with Gasteiger partial charge in [-0.1, -0.05) is 60.7 Å². The summed E-state index contributed by atoms with van der Waals surface area (Å²) in [5, 5.41) is 0. The number of benzene rings is 8. The van der Waals surface area contributed by atoms with Crippen molar-refractivity contribution < 1.29 is 14.2 Å². The van der Waals surface area contributed by atoms with E-state index in [1.165, 1.54) is 0 Å². The molecule has 2 heterocycles. The number of anilines is 2. The van der Waals surface area contributed by atoms with Crippen LogP contribution < -0.4 is 25.7 Å². The zero-order valence-corrected chi connectivity index (χ0v) is 32.6. The van der Waals surface area contributed by atoms with Crippen molar-refractivity contribution in [3.05, 3.63) is 194 Å². The van der Waals surface area contributed by atoms with Crippen molar-refractivity contribution in [1.82, 2.24) is 19.9 Å². The van der Waals surface area contributed by atoms with Crippen LogP contribution in [0.2, 0.25) is 0 Å². The molecule has 8 aromatic carbocycles. The Kier molecular flexibility index (Phi) is 9.64. The first-order chi connectivity index (χ1) is 30.0. The van der Waals surface area contributed by atoms with E-state index in [9.17, 15) is 0 Å². The second kappa shape index (κ2) is 16.0. The molecule has 0 amide bonds. The van der Waals surface area contributed by atoms with Gasteiger partial charge in [-0.25, -0.2) is 19.9 Å². The third-order valence-electron chi connectivity index (χ3n) is 10.1. The van der Waals surface area contributed by atoms with Crippen molar-refractivity contribution >= 4 is 33.4 Å². The summed E-state index contributed by atoms with van der Waals surface area (Å²) >= 11 is 0. The fourth-order valence-corrected chi connectivity index (χ4v) is 7.03. The molecule has 0 unspecified atom stereocenters. The van der Waals surface area contributed by atoms with E-state index in [0.29, 0.717) is 56.9 Å². The van der Waals surface area contributed by atoms with Gasteiger partial charge < -0.3 is 25.7 Å². The van der Waals surface area contributed by atoms with Gasteiger partial charge in [0.2, 0.25) is 0 Å². The Balaban J connectivity index is 0.933. The maximum atomic E-state index is 6.37. The van der Waals surface area contributed by atoms with Crippen molar-refractivity contribution in [3.8, 4) is 79.5 Å². The monoisotopic (exact) mass is 792 g/mol. The summed E-state index contributed by atoms with van der Waals surface area (Å²) < 4.78 is 18.6. The molecule has 0 saturated heterocycles. The number of hydrogen-bond donors (Lipinski definition) is 2. The first-order valence-corrected chi connectivity index (χ1v) is 19.7. The lowest BCUT2D eigenvalue weighted by atomic mass is 10.0. The molecule has 61 heavy (non-hydrogen) atoms. The third kappa shape index (κ3) is 7.99. The van der Waals surface area contributed by atoms with Gasteiger partial charge in [0.15, 0.2) is 0 Å². The van der Waals surface area contributed by atoms with Gasteiger partial charge in [0.1, 0.15) is 34.5 Å². The number of ether oxygens (including phenoxy) is 3. The highest BCUT2D eigenvalue weighted by atomic mass is 16.5. The topological polar surface area (TPSA) is 131 Å². The standard InChI is InChI=1S/C52H36N6O3/c53-37-15-23-41(24-16-37)60-43-27-29-45-47(31-43)57-51(49(55-45)33-7-3-1-4-8-33)35-11-19-39(20-12-35)59-40-21-13-36(14-22-40)52-50(34-9-5-2-6-10-34)56-46-30-28-44(32-48(46)58-52)61-42-25-17-38(54)18-26-42/h1-32H,53-54H2. The van der Waals surface area contributed by atoms with Crippen LogP contribution in [0.3, 0.4) is 0 Å². The van der Waals surface area contributed by atoms with Gasteiger partial charge in [0.05, 0.1) is 44.8 Å². The second-order valence-corrected chi connectivity index (χ2v) is 14.4. The normalized spacial score (nSPS) is 11.1. The molecular formula is C52H36N6O3. The summed E-state index contributed by atoms with van der Waals surface area (Å²) in [6.07, 6.45) is 0. The highest BCUT2D eigenvalue weighted by molar-refractivity contribution is 5.88. The summed E-state index contributed by atoms with van der Waals surface area (Å²) in [5.74, 6) is 4.02. The minimum atomic E-state index is 0.651. The molecule has 0 atom stereocenters. The van der Waals surface area contributed by atoms with E-state index in [4.69, 9.17) is 45.6 Å². The van der Waals surface area contributed by atoms with Crippen LogP contribution >= 0.6 is 0 Å². The maximum absolute atomic E-state index is 6.37. The Morgan fingerprint density at radius 2 is 0.541 bits per heavy atom. The van der Waals surface area contributed by atoms with Crippen LogP contribution in [-0.2, 0) is 0 Å². The lowest BCUT2D eigenvalue weighted by Crippen LogP contribution is -1.96. The van der Waals surface area contributed by atoms with Crippen LogP contribution in [-0.4, -0.2) is 19.9 Å². The van der Waals surface area contributed by atoms with Crippen LogP contribution in [0, 0.1) is 0 Å². The molecule has 4 N–H and O–H groups in total. The van der Waals surface area contributed by atoms with Gasteiger partial charge in [-0.2, -0.15) is 0 Å². The average Bonchev–Trinajstić information content (AvgIpc) is 3.31. The van der Waals surface area contributed by atoms with Gasteiger partial charge >= 0.3 is 0 Å². The lowest BCUT2D eigenvalue weighted by Gasteiger charge is -2.13. The number of fused-ring (bicyclic) bond motifs is 2. The number of nitrogens with two attached hydrogens (primary N) is 2. The molecular weight excluding hydrogens is 757 g/mol. The lowest BCUT2D eigenvalue weighted by molar-refractivity contribution is 0.482. The Bertz CT molecular complexity index is 2930. The van der Waals surface area contributed by atoms with Crippen molar-refractivity contribution in [2.45, 2.75) is 0 Å². The molecule has 0 bridgehead atoms. The number of nitrogen functional groups attached to an aromatic ring is 2. The van der Waals surface area contributed by atoms with Gasteiger partial charge in [0.25, 0.3) is 0 Å². The van der Waals surface area contributed by atoms with E-state index in [2.05, 4.69) is 0 Å². The molecule has 2 aromatic heterocycles. The molecule has 292 valence electrons. The van der Waals surface area contributed by atoms with Crippen LogP contribution in [0.15, 0.2) is 194 Å². The van der Waals surface area contributed by atoms with E-state index in [-0.39, 0.29) is 0 Å². The quantitative estimate of drug-likeness (QED) is 0.130.